The number of aliphatic hydroxyl groups excluding tert-OH is 1. The van der Waals surface area contributed by atoms with Gasteiger partial charge in [-0.1, -0.05) is 19.1 Å². The molecule has 2 N–H and O–H groups in total. The van der Waals surface area contributed by atoms with E-state index >= 15 is 0 Å². The van der Waals surface area contributed by atoms with E-state index in [-0.39, 0.29) is 6.61 Å². The molecule has 0 amide bonds. The van der Waals surface area contributed by atoms with Crippen LogP contribution < -0.4 is 0 Å². The third-order valence-corrected chi connectivity index (χ3v) is 4.58. The van der Waals surface area contributed by atoms with Gasteiger partial charge in [-0.3, -0.25) is 4.90 Å². The molecule has 1 saturated heterocycles. The molecule has 0 aliphatic carbocycles. The quantitative estimate of drug-likeness (QED) is 0.797. The fourth-order valence-electron chi connectivity index (χ4n) is 3.12. The lowest BCUT2D eigenvalue weighted by atomic mass is 9.96. The first-order valence-electron chi connectivity index (χ1n) is 7.87. The van der Waals surface area contributed by atoms with Crippen molar-refractivity contribution in [1.29, 1.82) is 0 Å². The van der Waals surface area contributed by atoms with Crippen LogP contribution >= 0.6 is 0 Å². The molecular formula is C17H26N2O3. The summed E-state index contributed by atoms with van der Waals surface area (Å²) in [6, 6.07) is 7.06. The number of aliphatic hydroxyl groups is 1. The van der Waals surface area contributed by atoms with Gasteiger partial charge in [0, 0.05) is 32.8 Å². The highest BCUT2D eigenvalue weighted by atomic mass is 16.4. The van der Waals surface area contributed by atoms with Crippen LogP contribution in [0.15, 0.2) is 24.3 Å². The summed E-state index contributed by atoms with van der Waals surface area (Å²) in [6.07, 6.45) is 0. The fourth-order valence-corrected chi connectivity index (χ4v) is 3.12. The summed E-state index contributed by atoms with van der Waals surface area (Å²) in [5, 5.41) is 18.5. The van der Waals surface area contributed by atoms with Crippen LogP contribution in [-0.2, 0) is 6.54 Å². The molecule has 0 spiro atoms. The molecule has 0 radical (unpaired) electrons. The van der Waals surface area contributed by atoms with E-state index in [0.29, 0.717) is 17.4 Å². The summed E-state index contributed by atoms with van der Waals surface area (Å²) in [5.41, 5.74) is 1.44. The smallest absolute Gasteiger partial charge is 0.335 e. The van der Waals surface area contributed by atoms with Crippen molar-refractivity contribution < 1.29 is 15.0 Å². The van der Waals surface area contributed by atoms with Crippen LogP contribution in [0.25, 0.3) is 0 Å². The minimum atomic E-state index is -0.893. The van der Waals surface area contributed by atoms with Crippen molar-refractivity contribution >= 4 is 5.97 Å². The Hall–Kier alpha value is -1.43. The Bertz CT molecular complexity index is 489. The van der Waals surface area contributed by atoms with Gasteiger partial charge in [-0.05, 0) is 43.1 Å². The lowest BCUT2D eigenvalue weighted by Gasteiger charge is -2.22. The number of hydrogen-bond acceptors (Lipinski definition) is 4. The highest BCUT2D eigenvalue weighted by Gasteiger charge is 2.32. The van der Waals surface area contributed by atoms with Crippen molar-refractivity contribution in [3.05, 3.63) is 35.4 Å². The van der Waals surface area contributed by atoms with Crippen molar-refractivity contribution in [3.63, 3.8) is 0 Å². The standard InChI is InChI=1S/C17H26N2O3/c1-3-18(2)9-15-10-19(11-16(15)12-20)8-13-4-6-14(7-5-13)17(21)22/h4-7,15-16,20H,3,8-12H2,1-2H3,(H,21,22)/t15-,16-/m1/s1. The molecule has 0 aromatic heterocycles. The maximum Gasteiger partial charge on any atom is 0.335 e. The van der Waals surface area contributed by atoms with E-state index in [1.54, 1.807) is 12.1 Å². The Morgan fingerprint density at radius 3 is 2.45 bits per heavy atom. The molecular weight excluding hydrogens is 280 g/mol. The monoisotopic (exact) mass is 306 g/mol. The zero-order chi connectivity index (χ0) is 16.1. The van der Waals surface area contributed by atoms with Gasteiger partial charge >= 0.3 is 5.97 Å². The van der Waals surface area contributed by atoms with Crippen molar-refractivity contribution in [2.24, 2.45) is 11.8 Å². The number of carboxylic acid groups (broad SMARTS) is 1. The van der Waals surface area contributed by atoms with Gasteiger partial charge in [0.1, 0.15) is 0 Å². The molecule has 122 valence electrons. The number of benzene rings is 1. The molecule has 1 heterocycles. The third-order valence-electron chi connectivity index (χ3n) is 4.58. The van der Waals surface area contributed by atoms with Gasteiger partial charge in [-0.2, -0.15) is 0 Å². The Labute approximate surface area is 132 Å². The number of hydrogen-bond donors (Lipinski definition) is 2. The van der Waals surface area contributed by atoms with E-state index < -0.39 is 5.97 Å². The van der Waals surface area contributed by atoms with Crippen molar-refractivity contribution in [3.8, 4) is 0 Å². The van der Waals surface area contributed by atoms with Crippen molar-refractivity contribution in [1.82, 2.24) is 9.80 Å². The number of likely N-dealkylation sites (tertiary alicyclic amines) is 1. The molecule has 1 aromatic rings. The van der Waals surface area contributed by atoms with Gasteiger partial charge in [0.25, 0.3) is 0 Å². The topological polar surface area (TPSA) is 64.0 Å². The van der Waals surface area contributed by atoms with Crippen LogP contribution in [0.5, 0.6) is 0 Å². The number of nitrogens with zero attached hydrogens (tertiary/aromatic N) is 2. The summed E-state index contributed by atoms with van der Waals surface area (Å²) in [4.78, 5) is 15.5. The molecule has 0 saturated carbocycles. The van der Waals surface area contributed by atoms with E-state index in [1.165, 1.54) is 0 Å². The molecule has 1 aliphatic heterocycles. The summed E-state index contributed by atoms with van der Waals surface area (Å²) in [7, 11) is 2.11. The fraction of sp³-hybridized carbons (Fsp3) is 0.588. The lowest BCUT2D eigenvalue weighted by Crippen LogP contribution is -2.31. The first kappa shape index (κ1) is 16.9. The average Bonchev–Trinajstić information content (AvgIpc) is 2.89. The summed E-state index contributed by atoms with van der Waals surface area (Å²) in [6.45, 7) is 7.10. The van der Waals surface area contributed by atoms with E-state index in [2.05, 4.69) is 23.8 Å². The minimum Gasteiger partial charge on any atom is -0.478 e. The minimum absolute atomic E-state index is 0.233. The summed E-state index contributed by atoms with van der Waals surface area (Å²) < 4.78 is 0. The molecule has 2 atom stereocenters. The molecule has 0 bridgehead atoms. The Morgan fingerprint density at radius 2 is 1.91 bits per heavy atom. The van der Waals surface area contributed by atoms with Gasteiger partial charge < -0.3 is 15.1 Å². The van der Waals surface area contributed by atoms with Gasteiger partial charge in [0.15, 0.2) is 0 Å². The molecule has 0 unspecified atom stereocenters. The maximum absolute atomic E-state index is 10.9. The highest BCUT2D eigenvalue weighted by molar-refractivity contribution is 5.87. The molecule has 1 aromatic carbocycles. The second-order valence-electron chi connectivity index (χ2n) is 6.25. The SMILES string of the molecule is CCN(C)C[C@@H]1CN(Cc2ccc(C(=O)O)cc2)C[C@@H]1CO. The third kappa shape index (κ3) is 4.29. The summed E-state index contributed by atoms with van der Waals surface area (Å²) in [5.74, 6) is -0.0729. The molecule has 2 rings (SSSR count). The Morgan fingerprint density at radius 1 is 1.27 bits per heavy atom. The second kappa shape index (κ2) is 7.72. The zero-order valence-corrected chi connectivity index (χ0v) is 13.4. The molecule has 1 fully saturated rings. The van der Waals surface area contributed by atoms with Crippen LogP contribution in [0.2, 0.25) is 0 Å². The van der Waals surface area contributed by atoms with Crippen LogP contribution in [0.4, 0.5) is 0 Å². The van der Waals surface area contributed by atoms with Crippen molar-refractivity contribution in [2.45, 2.75) is 13.5 Å². The van der Waals surface area contributed by atoms with Crippen LogP contribution in [0, 0.1) is 11.8 Å². The Balaban J connectivity index is 1.94. The van der Waals surface area contributed by atoms with Crippen molar-refractivity contribution in [2.75, 3.05) is 39.8 Å². The number of carbonyl (C=O) groups is 1. The first-order valence-corrected chi connectivity index (χ1v) is 7.87. The molecule has 1 aliphatic rings. The van der Waals surface area contributed by atoms with Gasteiger partial charge in [-0.25, -0.2) is 4.79 Å². The largest absolute Gasteiger partial charge is 0.478 e. The number of rotatable bonds is 7. The molecule has 5 nitrogen and oxygen atoms in total. The van der Waals surface area contributed by atoms with E-state index in [9.17, 15) is 9.90 Å². The molecule has 22 heavy (non-hydrogen) atoms. The highest BCUT2D eigenvalue weighted by Crippen LogP contribution is 2.25. The first-order chi connectivity index (χ1) is 10.5. The van der Waals surface area contributed by atoms with Gasteiger partial charge in [0.05, 0.1) is 5.56 Å². The zero-order valence-electron chi connectivity index (χ0n) is 13.4. The normalized spacial score (nSPS) is 22.4. The van der Waals surface area contributed by atoms with Crippen LogP contribution in [-0.4, -0.2) is 65.8 Å². The summed E-state index contributed by atoms with van der Waals surface area (Å²) >= 11 is 0. The van der Waals surface area contributed by atoms with Crippen LogP contribution in [0.1, 0.15) is 22.8 Å². The number of carboxylic acids is 1. The predicted molar refractivity (Wildman–Crippen MR) is 85.9 cm³/mol. The lowest BCUT2D eigenvalue weighted by molar-refractivity contribution is 0.0697. The van der Waals surface area contributed by atoms with Crippen LogP contribution in [0.3, 0.4) is 0 Å². The maximum atomic E-state index is 10.9. The number of aromatic carboxylic acids is 1. The van der Waals surface area contributed by atoms with Gasteiger partial charge in [0.2, 0.25) is 0 Å². The Kier molecular flexibility index (Phi) is 5.94. The molecule has 5 heteroatoms. The van der Waals surface area contributed by atoms with E-state index in [4.69, 9.17) is 5.11 Å². The predicted octanol–water partition coefficient (Wildman–Crippen LogP) is 1.38. The van der Waals surface area contributed by atoms with E-state index in [0.717, 1.165) is 38.3 Å². The van der Waals surface area contributed by atoms with E-state index in [1.807, 2.05) is 12.1 Å². The van der Waals surface area contributed by atoms with Gasteiger partial charge in [-0.15, -0.1) is 0 Å². The second-order valence-corrected chi connectivity index (χ2v) is 6.25. The average molecular weight is 306 g/mol.